The van der Waals surface area contributed by atoms with Gasteiger partial charge in [0.2, 0.25) is 4.96 Å². The van der Waals surface area contributed by atoms with Gasteiger partial charge < -0.3 is 0 Å². The molecule has 7 heteroatoms. The smallest absolute Gasteiger partial charge is 0.266 e. The lowest BCUT2D eigenvalue weighted by molar-refractivity contribution is 0.628. The van der Waals surface area contributed by atoms with Gasteiger partial charge in [-0.1, -0.05) is 59.3 Å². The van der Waals surface area contributed by atoms with Crippen LogP contribution in [0.2, 0.25) is 5.02 Å². The van der Waals surface area contributed by atoms with Gasteiger partial charge >= 0.3 is 0 Å². The third-order valence-electron chi connectivity index (χ3n) is 3.68. The summed E-state index contributed by atoms with van der Waals surface area (Å²) in [6.07, 6.45) is 5.18. The number of fused-ring (bicyclic) bond motifs is 1. The highest BCUT2D eigenvalue weighted by atomic mass is 35.5. The van der Waals surface area contributed by atoms with Crippen LogP contribution in [0.4, 0.5) is 4.39 Å². The summed E-state index contributed by atoms with van der Waals surface area (Å²) in [4.78, 5) is 17.4. The number of nitrogens with zero attached hydrogens (tertiary/aromatic N) is 3. The molecule has 0 spiro atoms. The van der Waals surface area contributed by atoms with E-state index >= 15 is 0 Å². The van der Waals surface area contributed by atoms with Gasteiger partial charge in [0.15, 0.2) is 5.82 Å². The molecular formula is C19H11ClFN3OS. The predicted molar refractivity (Wildman–Crippen MR) is 103 cm³/mol. The van der Waals surface area contributed by atoms with Crippen LogP contribution in [0, 0.1) is 5.82 Å². The van der Waals surface area contributed by atoms with Crippen LogP contribution < -0.4 is 10.1 Å². The molecule has 4 aromatic rings. The molecule has 26 heavy (non-hydrogen) atoms. The average molecular weight is 384 g/mol. The number of hydrogen-bond donors (Lipinski definition) is 0. The van der Waals surface area contributed by atoms with Crippen molar-refractivity contribution in [2.45, 2.75) is 0 Å². The molecule has 0 unspecified atom stereocenters. The molecule has 0 amide bonds. The van der Waals surface area contributed by atoms with Gasteiger partial charge in [-0.15, -0.1) is 5.10 Å². The molecule has 2 aromatic carbocycles. The summed E-state index contributed by atoms with van der Waals surface area (Å²) in [5, 5.41) is 4.80. The van der Waals surface area contributed by atoms with Gasteiger partial charge in [0.05, 0.1) is 4.53 Å². The molecule has 0 fully saturated rings. The maximum absolute atomic E-state index is 12.9. The lowest BCUT2D eigenvalue weighted by Crippen LogP contribution is -2.23. The number of aromatic nitrogens is 3. The highest BCUT2D eigenvalue weighted by Gasteiger charge is 2.09. The van der Waals surface area contributed by atoms with Crippen molar-refractivity contribution < 1.29 is 4.39 Å². The van der Waals surface area contributed by atoms with Gasteiger partial charge in [0.25, 0.3) is 5.56 Å². The second-order valence-corrected chi connectivity index (χ2v) is 6.90. The van der Waals surface area contributed by atoms with Gasteiger partial charge in [0, 0.05) is 5.02 Å². The van der Waals surface area contributed by atoms with Crippen LogP contribution in [0.25, 0.3) is 23.2 Å². The molecule has 0 bridgehead atoms. The summed E-state index contributed by atoms with van der Waals surface area (Å²) in [7, 11) is 0. The second-order valence-electron chi connectivity index (χ2n) is 5.49. The first kappa shape index (κ1) is 16.6. The Kier molecular flexibility index (Phi) is 4.36. The highest BCUT2D eigenvalue weighted by molar-refractivity contribution is 7.15. The van der Waals surface area contributed by atoms with Crippen LogP contribution in [0.15, 0.2) is 53.3 Å². The lowest BCUT2D eigenvalue weighted by atomic mass is 10.2. The molecule has 0 aliphatic heterocycles. The number of halogens is 2. The highest BCUT2D eigenvalue weighted by Crippen LogP contribution is 2.15. The quantitative estimate of drug-likeness (QED) is 0.542. The summed E-state index contributed by atoms with van der Waals surface area (Å²) >= 11 is 7.39. The van der Waals surface area contributed by atoms with Crippen LogP contribution >= 0.6 is 22.9 Å². The largest absolute Gasteiger partial charge is 0.291 e. The Labute approximate surface area is 156 Å². The summed E-state index contributed by atoms with van der Waals surface area (Å²) in [6, 6.07) is 13.4. The van der Waals surface area contributed by atoms with E-state index in [4.69, 9.17) is 11.6 Å². The maximum atomic E-state index is 12.9. The van der Waals surface area contributed by atoms with Crippen molar-refractivity contribution >= 4 is 46.1 Å². The van der Waals surface area contributed by atoms with E-state index in [0.717, 1.165) is 11.1 Å². The number of thiazole rings is 1. The molecule has 0 saturated carbocycles. The molecule has 128 valence electrons. The first-order chi connectivity index (χ1) is 12.6. The van der Waals surface area contributed by atoms with Crippen LogP contribution in [-0.2, 0) is 0 Å². The third-order valence-corrected chi connectivity index (χ3v) is 4.99. The average Bonchev–Trinajstić information content (AvgIpc) is 3.16. The van der Waals surface area contributed by atoms with Crippen molar-refractivity contribution in [1.82, 2.24) is 14.6 Å². The minimum atomic E-state index is -0.291. The Balaban J connectivity index is 1.69. The van der Waals surface area contributed by atoms with E-state index in [9.17, 15) is 9.18 Å². The molecule has 0 aliphatic carbocycles. The predicted octanol–water partition coefficient (Wildman–Crippen LogP) is 3.66. The zero-order valence-electron chi connectivity index (χ0n) is 13.3. The Hall–Kier alpha value is -2.83. The topological polar surface area (TPSA) is 47.3 Å². The number of hydrogen-bond acceptors (Lipinski definition) is 4. The summed E-state index contributed by atoms with van der Waals surface area (Å²) < 4.78 is 14.7. The zero-order valence-corrected chi connectivity index (χ0v) is 14.8. The fourth-order valence-electron chi connectivity index (χ4n) is 2.40. The van der Waals surface area contributed by atoms with Crippen molar-refractivity contribution in [3.8, 4) is 0 Å². The molecule has 0 aliphatic rings. The van der Waals surface area contributed by atoms with Crippen LogP contribution in [0.3, 0.4) is 0 Å². The molecular weight excluding hydrogens is 373 g/mol. The van der Waals surface area contributed by atoms with Gasteiger partial charge in [-0.2, -0.15) is 9.50 Å². The lowest BCUT2D eigenvalue weighted by Gasteiger charge is -1.94. The van der Waals surface area contributed by atoms with Gasteiger partial charge in [-0.3, -0.25) is 4.79 Å². The zero-order chi connectivity index (χ0) is 18.1. The monoisotopic (exact) mass is 383 g/mol. The van der Waals surface area contributed by atoms with Crippen molar-refractivity contribution in [2.24, 2.45) is 0 Å². The van der Waals surface area contributed by atoms with E-state index in [-0.39, 0.29) is 11.4 Å². The molecule has 0 atom stereocenters. The van der Waals surface area contributed by atoms with Crippen molar-refractivity contribution in [1.29, 1.82) is 0 Å². The van der Waals surface area contributed by atoms with E-state index < -0.39 is 0 Å². The fourth-order valence-corrected chi connectivity index (χ4v) is 3.49. The summed E-state index contributed by atoms with van der Waals surface area (Å²) in [5.41, 5.74) is 1.35. The standard InChI is InChI=1S/C19H11ClFN3OS/c20-15-4-2-1-3-13(15)11-16-18(25)24-19(26-16)22-17(23-24)10-7-12-5-8-14(21)9-6-12/h1-11H/b10-7+,16-11+. The third kappa shape index (κ3) is 3.29. The van der Waals surface area contributed by atoms with E-state index in [1.165, 1.54) is 28.0 Å². The van der Waals surface area contributed by atoms with E-state index in [0.29, 0.717) is 20.3 Å². The fraction of sp³-hybridized carbons (Fsp3) is 0. The van der Waals surface area contributed by atoms with E-state index in [1.807, 2.05) is 18.2 Å². The molecule has 2 heterocycles. The normalized spacial score (nSPS) is 12.5. The molecule has 2 aromatic heterocycles. The van der Waals surface area contributed by atoms with Gasteiger partial charge in [-0.05, 0) is 41.5 Å². The molecule has 0 N–H and O–H groups in total. The van der Waals surface area contributed by atoms with E-state index in [2.05, 4.69) is 10.1 Å². The van der Waals surface area contributed by atoms with Crippen LogP contribution in [0.1, 0.15) is 17.0 Å². The molecule has 4 nitrogen and oxygen atoms in total. The van der Waals surface area contributed by atoms with E-state index in [1.54, 1.807) is 36.4 Å². The summed E-state index contributed by atoms with van der Waals surface area (Å²) in [5.74, 6) is 0.128. The van der Waals surface area contributed by atoms with Crippen LogP contribution in [0.5, 0.6) is 0 Å². The Morgan fingerprint density at radius 3 is 2.58 bits per heavy atom. The van der Waals surface area contributed by atoms with Gasteiger partial charge in [0.1, 0.15) is 5.82 Å². The maximum Gasteiger partial charge on any atom is 0.291 e. The molecule has 0 radical (unpaired) electrons. The SMILES string of the molecule is O=c1/c(=C\c2ccccc2Cl)sc2nc(/C=C/c3ccc(F)cc3)nn12. The Bertz CT molecular complexity index is 1230. The van der Waals surface area contributed by atoms with Crippen LogP contribution in [-0.4, -0.2) is 14.6 Å². The molecule has 0 saturated heterocycles. The Morgan fingerprint density at radius 1 is 1.08 bits per heavy atom. The van der Waals surface area contributed by atoms with Crippen molar-refractivity contribution in [3.63, 3.8) is 0 Å². The van der Waals surface area contributed by atoms with Gasteiger partial charge in [-0.25, -0.2) is 4.39 Å². The molecule has 4 rings (SSSR count). The van der Waals surface area contributed by atoms with Crippen molar-refractivity contribution in [3.05, 3.63) is 91.2 Å². The minimum Gasteiger partial charge on any atom is -0.266 e. The summed E-state index contributed by atoms with van der Waals surface area (Å²) in [6.45, 7) is 0. The minimum absolute atomic E-state index is 0.237. The Morgan fingerprint density at radius 2 is 1.85 bits per heavy atom. The number of benzene rings is 2. The second kappa shape index (κ2) is 6.82. The van der Waals surface area contributed by atoms with Crippen molar-refractivity contribution in [2.75, 3.05) is 0 Å². The first-order valence-electron chi connectivity index (χ1n) is 7.70. The number of rotatable bonds is 3. The first-order valence-corrected chi connectivity index (χ1v) is 8.89.